The van der Waals surface area contributed by atoms with Crippen LogP contribution in [0.15, 0.2) is 84.4 Å². The van der Waals surface area contributed by atoms with Crippen molar-refractivity contribution in [3.63, 3.8) is 0 Å². The largest absolute Gasteiger partial charge is 0.491 e. The standard InChI is InChI=1S/C26H23N3O2S/c1-18(2)31-21-13-11-19(12-14-21)16-22(20-8-4-3-5-9-20)25(30)29-26-28-24(17-32-26)23-10-6-7-15-27-23/h3-18H,1-2H3,(H,28,29,30)/b22-16+. The molecular weight excluding hydrogens is 418 g/mol. The predicted octanol–water partition coefficient (Wildman–Crippen LogP) is 6.17. The predicted molar refractivity (Wildman–Crippen MR) is 130 cm³/mol. The molecule has 2 heterocycles. The van der Waals surface area contributed by atoms with E-state index in [1.165, 1.54) is 11.3 Å². The van der Waals surface area contributed by atoms with Gasteiger partial charge in [0.15, 0.2) is 5.13 Å². The molecule has 4 aromatic rings. The SMILES string of the molecule is CC(C)Oc1ccc(/C=C(/C(=O)Nc2nc(-c3ccccn3)cs2)c2ccccc2)cc1. The Kier molecular flexibility index (Phi) is 6.72. The molecular formula is C26H23N3O2S. The number of ether oxygens (including phenoxy) is 1. The van der Waals surface area contributed by atoms with Gasteiger partial charge >= 0.3 is 0 Å². The first-order valence-electron chi connectivity index (χ1n) is 10.3. The maximum Gasteiger partial charge on any atom is 0.258 e. The van der Waals surface area contributed by atoms with E-state index in [1.54, 1.807) is 6.20 Å². The lowest BCUT2D eigenvalue weighted by atomic mass is 10.0. The van der Waals surface area contributed by atoms with Crippen LogP contribution in [0.4, 0.5) is 5.13 Å². The van der Waals surface area contributed by atoms with Crippen LogP contribution in [0.25, 0.3) is 23.0 Å². The summed E-state index contributed by atoms with van der Waals surface area (Å²) in [5.74, 6) is 0.577. The lowest BCUT2D eigenvalue weighted by Gasteiger charge is -2.10. The number of rotatable bonds is 7. The molecule has 5 nitrogen and oxygen atoms in total. The van der Waals surface area contributed by atoms with Gasteiger partial charge in [-0.25, -0.2) is 4.98 Å². The van der Waals surface area contributed by atoms with Gasteiger partial charge in [0.2, 0.25) is 0 Å². The molecule has 0 spiro atoms. The number of nitrogens with zero attached hydrogens (tertiary/aromatic N) is 2. The Bertz CT molecular complexity index is 1200. The third-order valence-electron chi connectivity index (χ3n) is 4.54. The van der Waals surface area contributed by atoms with Crippen molar-refractivity contribution in [2.24, 2.45) is 0 Å². The molecule has 32 heavy (non-hydrogen) atoms. The van der Waals surface area contributed by atoms with Crippen LogP contribution in [0.5, 0.6) is 5.75 Å². The van der Waals surface area contributed by atoms with E-state index in [9.17, 15) is 4.79 Å². The number of carbonyl (C=O) groups is 1. The number of benzene rings is 2. The molecule has 0 aliphatic heterocycles. The van der Waals surface area contributed by atoms with Crippen molar-refractivity contribution in [1.29, 1.82) is 0 Å². The van der Waals surface area contributed by atoms with Gasteiger partial charge in [-0.15, -0.1) is 11.3 Å². The number of hydrogen-bond acceptors (Lipinski definition) is 5. The normalized spacial score (nSPS) is 11.4. The van der Waals surface area contributed by atoms with E-state index >= 15 is 0 Å². The third-order valence-corrected chi connectivity index (χ3v) is 5.30. The topological polar surface area (TPSA) is 64.1 Å². The minimum Gasteiger partial charge on any atom is -0.491 e. The molecule has 160 valence electrons. The number of aromatic nitrogens is 2. The summed E-state index contributed by atoms with van der Waals surface area (Å²) in [6.07, 6.45) is 3.70. The van der Waals surface area contributed by atoms with Crippen molar-refractivity contribution in [3.8, 4) is 17.1 Å². The minimum absolute atomic E-state index is 0.108. The van der Waals surface area contributed by atoms with E-state index in [4.69, 9.17) is 4.74 Å². The van der Waals surface area contributed by atoms with E-state index in [1.807, 2.05) is 98.1 Å². The molecule has 0 bridgehead atoms. The van der Waals surface area contributed by atoms with Gasteiger partial charge in [-0.3, -0.25) is 15.1 Å². The number of anilines is 1. The summed E-state index contributed by atoms with van der Waals surface area (Å²) >= 11 is 1.37. The third kappa shape index (κ3) is 5.47. The average molecular weight is 442 g/mol. The molecule has 0 atom stereocenters. The lowest BCUT2D eigenvalue weighted by Crippen LogP contribution is -2.13. The second kappa shape index (κ2) is 10.0. The molecule has 0 saturated heterocycles. The Morgan fingerprint density at radius 3 is 2.41 bits per heavy atom. The highest BCUT2D eigenvalue weighted by Gasteiger charge is 2.15. The molecule has 4 rings (SSSR count). The van der Waals surface area contributed by atoms with Crippen LogP contribution in [0.1, 0.15) is 25.0 Å². The van der Waals surface area contributed by atoms with Crippen molar-refractivity contribution < 1.29 is 9.53 Å². The molecule has 0 aliphatic carbocycles. The number of hydrogen-bond donors (Lipinski definition) is 1. The molecule has 0 fully saturated rings. The van der Waals surface area contributed by atoms with Gasteiger partial charge in [-0.1, -0.05) is 48.5 Å². The van der Waals surface area contributed by atoms with E-state index in [0.717, 1.165) is 28.3 Å². The lowest BCUT2D eigenvalue weighted by molar-refractivity contribution is -0.111. The summed E-state index contributed by atoms with van der Waals surface area (Å²) in [5.41, 5.74) is 3.79. The number of thiazole rings is 1. The monoisotopic (exact) mass is 441 g/mol. The molecule has 2 aromatic carbocycles. The average Bonchev–Trinajstić information content (AvgIpc) is 3.28. The Labute approximate surface area is 191 Å². The number of nitrogens with one attached hydrogen (secondary N) is 1. The van der Waals surface area contributed by atoms with Crippen LogP contribution in [0.3, 0.4) is 0 Å². The quantitative estimate of drug-likeness (QED) is 0.275. The van der Waals surface area contributed by atoms with E-state index < -0.39 is 0 Å². The first-order valence-corrected chi connectivity index (χ1v) is 11.2. The van der Waals surface area contributed by atoms with Crippen LogP contribution in [-0.4, -0.2) is 22.0 Å². The second-order valence-electron chi connectivity index (χ2n) is 7.37. The van der Waals surface area contributed by atoms with Crippen LogP contribution in [0.2, 0.25) is 0 Å². The fourth-order valence-electron chi connectivity index (χ4n) is 3.11. The summed E-state index contributed by atoms with van der Waals surface area (Å²) in [4.78, 5) is 22.1. The minimum atomic E-state index is -0.222. The van der Waals surface area contributed by atoms with Crippen LogP contribution in [-0.2, 0) is 4.79 Å². The first-order chi connectivity index (χ1) is 15.6. The molecule has 1 N–H and O–H groups in total. The first kappa shape index (κ1) is 21.5. The maximum absolute atomic E-state index is 13.2. The molecule has 0 aliphatic rings. The molecule has 6 heteroatoms. The van der Waals surface area contributed by atoms with E-state index in [-0.39, 0.29) is 12.0 Å². The highest BCUT2D eigenvalue weighted by atomic mass is 32.1. The van der Waals surface area contributed by atoms with Gasteiger partial charge in [0.05, 0.1) is 11.8 Å². The molecule has 0 radical (unpaired) electrons. The zero-order valence-electron chi connectivity index (χ0n) is 17.9. The van der Waals surface area contributed by atoms with Gasteiger partial charge < -0.3 is 4.74 Å². The second-order valence-corrected chi connectivity index (χ2v) is 8.22. The molecule has 0 unspecified atom stereocenters. The fourth-order valence-corrected chi connectivity index (χ4v) is 3.81. The zero-order valence-corrected chi connectivity index (χ0v) is 18.7. The highest BCUT2D eigenvalue weighted by molar-refractivity contribution is 7.14. The van der Waals surface area contributed by atoms with Gasteiger partial charge in [0.25, 0.3) is 5.91 Å². The van der Waals surface area contributed by atoms with E-state index in [2.05, 4.69) is 15.3 Å². The Balaban J connectivity index is 1.59. The summed E-state index contributed by atoms with van der Waals surface area (Å²) in [5, 5.41) is 5.35. The Hall–Kier alpha value is -3.77. The summed E-state index contributed by atoms with van der Waals surface area (Å²) < 4.78 is 5.71. The van der Waals surface area contributed by atoms with Crippen molar-refractivity contribution >= 4 is 34.0 Å². The Morgan fingerprint density at radius 2 is 1.72 bits per heavy atom. The van der Waals surface area contributed by atoms with Crippen LogP contribution >= 0.6 is 11.3 Å². The molecule has 0 saturated carbocycles. The van der Waals surface area contributed by atoms with Gasteiger partial charge in [-0.05, 0) is 55.3 Å². The maximum atomic E-state index is 13.2. The number of amides is 1. The van der Waals surface area contributed by atoms with Crippen LogP contribution < -0.4 is 10.1 Å². The summed E-state index contributed by atoms with van der Waals surface area (Å²) in [7, 11) is 0. The zero-order chi connectivity index (χ0) is 22.3. The smallest absolute Gasteiger partial charge is 0.258 e. The van der Waals surface area contributed by atoms with Gasteiger partial charge in [-0.2, -0.15) is 0 Å². The van der Waals surface area contributed by atoms with Crippen molar-refractivity contribution in [2.75, 3.05) is 5.32 Å². The van der Waals surface area contributed by atoms with Gasteiger partial charge in [0.1, 0.15) is 11.4 Å². The molecule has 1 amide bonds. The van der Waals surface area contributed by atoms with Crippen molar-refractivity contribution in [1.82, 2.24) is 9.97 Å². The molecule has 2 aromatic heterocycles. The van der Waals surface area contributed by atoms with Crippen molar-refractivity contribution in [2.45, 2.75) is 20.0 Å². The summed E-state index contributed by atoms with van der Waals surface area (Å²) in [6, 6.07) is 23.0. The summed E-state index contributed by atoms with van der Waals surface area (Å²) in [6.45, 7) is 3.98. The Morgan fingerprint density at radius 1 is 0.969 bits per heavy atom. The van der Waals surface area contributed by atoms with E-state index in [0.29, 0.717) is 10.7 Å². The van der Waals surface area contributed by atoms with Crippen LogP contribution in [0, 0.1) is 0 Å². The number of carbonyl (C=O) groups excluding carboxylic acids is 1. The van der Waals surface area contributed by atoms with Crippen molar-refractivity contribution in [3.05, 3.63) is 95.5 Å². The highest BCUT2D eigenvalue weighted by Crippen LogP contribution is 2.26. The number of pyridine rings is 1. The fraction of sp³-hybridized carbons (Fsp3) is 0.115. The van der Waals surface area contributed by atoms with Gasteiger partial charge in [0, 0.05) is 17.2 Å².